The lowest BCUT2D eigenvalue weighted by Gasteiger charge is -2.25. The van der Waals surface area contributed by atoms with Gasteiger partial charge in [0.05, 0.1) is 13.2 Å². The van der Waals surface area contributed by atoms with E-state index in [9.17, 15) is 4.79 Å². The molecule has 2 rings (SSSR count). The fourth-order valence-corrected chi connectivity index (χ4v) is 2.51. The molecule has 0 saturated heterocycles. The number of oxazole rings is 1. The highest BCUT2D eigenvalue weighted by atomic mass is 16.5. The first-order valence-corrected chi connectivity index (χ1v) is 9.10. The zero-order valence-corrected chi connectivity index (χ0v) is 16.3. The highest BCUT2D eigenvalue weighted by Gasteiger charge is 2.17. The van der Waals surface area contributed by atoms with Crippen LogP contribution in [-0.2, 0) is 13.1 Å². The predicted octanol–water partition coefficient (Wildman–Crippen LogP) is 3.62. The number of nitrogens with one attached hydrogen (secondary N) is 1. The first kappa shape index (κ1) is 20.0. The van der Waals surface area contributed by atoms with Crippen molar-refractivity contribution >= 4 is 5.91 Å². The molecule has 0 aliphatic rings. The van der Waals surface area contributed by atoms with E-state index in [-0.39, 0.29) is 11.9 Å². The molecule has 1 N–H and O–H groups in total. The summed E-state index contributed by atoms with van der Waals surface area (Å²) in [6.07, 6.45) is 1.42. The second-order valence-electron chi connectivity index (χ2n) is 6.83. The van der Waals surface area contributed by atoms with Crippen molar-refractivity contribution in [1.29, 1.82) is 0 Å². The number of hydrogen-bond donors (Lipinski definition) is 1. The minimum atomic E-state index is -0.211. The van der Waals surface area contributed by atoms with E-state index >= 15 is 0 Å². The largest absolute Gasteiger partial charge is 0.494 e. The number of carbonyl (C=O) groups excluding carboxylic acids is 1. The van der Waals surface area contributed by atoms with Gasteiger partial charge in [-0.3, -0.25) is 9.69 Å². The van der Waals surface area contributed by atoms with Crippen LogP contribution >= 0.6 is 0 Å². The van der Waals surface area contributed by atoms with Gasteiger partial charge in [0, 0.05) is 18.6 Å². The second kappa shape index (κ2) is 9.38. The predicted molar refractivity (Wildman–Crippen MR) is 101 cm³/mol. The summed E-state index contributed by atoms with van der Waals surface area (Å²) in [7, 11) is 0. The van der Waals surface area contributed by atoms with Crippen LogP contribution in [0.4, 0.5) is 0 Å². The van der Waals surface area contributed by atoms with Crippen molar-refractivity contribution in [3.63, 3.8) is 0 Å². The first-order valence-electron chi connectivity index (χ1n) is 9.10. The lowest BCUT2D eigenvalue weighted by Crippen LogP contribution is -2.31. The van der Waals surface area contributed by atoms with Crippen LogP contribution in [0, 0.1) is 0 Å². The second-order valence-corrected chi connectivity index (χ2v) is 6.83. The highest BCUT2D eigenvalue weighted by Crippen LogP contribution is 2.17. The van der Waals surface area contributed by atoms with Crippen molar-refractivity contribution in [3.8, 4) is 5.75 Å². The van der Waals surface area contributed by atoms with E-state index in [1.165, 1.54) is 11.8 Å². The molecular weight excluding hydrogens is 330 g/mol. The topological polar surface area (TPSA) is 67.6 Å². The number of ether oxygens (including phenoxy) is 1. The summed E-state index contributed by atoms with van der Waals surface area (Å²) in [6, 6.07) is 8.47. The summed E-state index contributed by atoms with van der Waals surface area (Å²) >= 11 is 0. The molecular formula is C20H29N3O3. The lowest BCUT2D eigenvalue weighted by molar-refractivity contribution is 0.0938. The average Bonchev–Trinajstić information content (AvgIpc) is 3.04. The molecule has 0 spiro atoms. The van der Waals surface area contributed by atoms with Gasteiger partial charge >= 0.3 is 0 Å². The Morgan fingerprint density at radius 2 is 1.88 bits per heavy atom. The molecule has 0 bridgehead atoms. The van der Waals surface area contributed by atoms with Crippen LogP contribution in [-0.4, -0.2) is 34.5 Å². The van der Waals surface area contributed by atoms with Gasteiger partial charge in [-0.25, -0.2) is 4.98 Å². The number of benzene rings is 1. The molecule has 142 valence electrons. The number of carbonyl (C=O) groups is 1. The number of rotatable bonds is 9. The first-order chi connectivity index (χ1) is 12.4. The SMILES string of the molecule is CCOc1ccc(CN(Cc2nc(C(=O)NC(C)C)co2)C(C)C)cc1. The lowest BCUT2D eigenvalue weighted by atomic mass is 10.2. The Labute approximate surface area is 155 Å². The molecule has 0 fully saturated rings. The van der Waals surface area contributed by atoms with Crippen LogP contribution in [0.5, 0.6) is 5.75 Å². The molecule has 1 amide bonds. The molecule has 0 atom stereocenters. The molecule has 0 aliphatic carbocycles. The van der Waals surface area contributed by atoms with Gasteiger partial charge in [0.25, 0.3) is 5.91 Å². The Morgan fingerprint density at radius 3 is 2.46 bits per heavy atom. The van der Waals surface area contributed by atoms with Crippen molar-refractivity contribution in [2.24, 2.45) is 0 Å². The molecule has 2 aromatic rings. The molecule has 1 aromatic carbocycles. The number of nitrogens with zero attached hydrogens (tertiary/aromatic N) is 2. The van der Waals surface area contributed by atoms with Crippen molar-refractivity contribution < 1.29 is 13.9 Å². The maximum absolute atomic E-state index is 12.0. The minimum absolute atomic E-state index is 0.0643. The zero-order valence-electron chi connectivity index (χ0n) is 16.3. The van der Waals surface area contributed by atoms with Crippen molar-refractivity contribution in [3.05, 3.63) is 47.7 Å². The summed E-state index contributed by atoms with van der Waals surface area (Å²) in [5, 5.41) is 2.82. The molecule has 0 radical (unpaired) electrons. The Balaban J connectivity index is 2.02. The van der Waals surface area contributed by atoms with Gasteiger partial charge in [0.15, 0.2) is 5.69 Å². The smallest absolute Gasteiger partial charge is 0.273 e. The number of hydrogen-bond acceptors (Lipinski definition) is 5. The van der Waals surface area contributed by atoms with Gasteiger partial charge in [-0.15, -0.1) is 0 Å². The molecule has 1 heterocycles. The van der Waals surface area contributed by atoms with Crippen LogP contribution in [0.25, 0.3) is 0 Å². The number of amides is 1. The van der Waals surface area contributed by atoms with E-state index in [0.717, 1.165) is 12.3 Å². The Kier molecular flexibility index (Phi) is 7.21. The standard InChI is InChI=1S/C20H29N3O3/c1-6-25-17-9-7-16(8-10-17)11-23(15(4)5)12-19-22-18(13-26-19)20(24)21-14(2)3/h7-10,13-15H,6,11-12H2,1-5H3,(H,21,24). The van der Waals surface area contributed by atoms with Gasteiger partial charge < -0.3 is 14.5 Å². The third kappa shape index (κ3) is 5.88. The molecule has 26 heavy (non-hydrogen) atoms. The van der Waals surface area contributed by atoms with Crippen LogP contribution in [0.3, 0.4) is 0 Å². The maximum Gasteiger partial charge on any atom is 0.273 e. The van der Waals surface area contributed by atoms with Crippen molar-refractivity contribution in [1.82, 2.24) is 15.2 Å². The van der Waals surface area contributed by atoms with Gasteiger partial charge in [-0.2, -0.15) is 0 Å². The normalized spacial score (nSPS) is 11.4. The quantitative estimate of drug-likeness (QED) is 0.741. The van der Waals surface area contributed by atoms with Gasteiger partial charge in [0.2, 0.25) is 5.89 Å². The summed E-state index contributed by atoms with van der Waals surface area (Å²) in [5.74, 6) is 1.21. The van der Waals surface area contributed by atoms with E-state index in [2.05, 4.69) is 41.2 Å². The number of aromatic nitrogens is 1. The van der Waals surface area contributed by atoms with Crippen LogP contribution in [0.15, 0.2) is 34.9 Å². The van der Waals surface area contributed by atoms with E-state index in [1.54, 1.807) is 0 Å². The zero-order chi connectivity index (χ0) is 19.1. The summed E-state index contributed by atoms with van der Waals surface area (Å²) in [6.45, 7) is 12.0. The molecule has 0 saturated carbocycles. The monoisotopic (exact) mass is 359 g/mol. The molecule has 1 aromatic heterocycles. The van der Waals surface area contributed by atoms with Crippen LogP contribution in [0.2, 0.25) is 0 Å². The average molecular weight is 359 g/mol. The third-order valence-electron chi connectivity index (χ3n) is 3.89. The van der Waals surface area contributed by atoms with Crippen molar-refractivity contribution in [2.45, 2.75) is 59.8 Å². The van der Waals surface area contributed by atoms with E-state index in [0.29, 0.717) is 30.8 Å². The van der Waals surface area contributed by atoms with Gasteiger partial charge in [0.1, 0.15) is 12.0 Å². The summed E-state index contributed by atoms with van der Waals surface area (Å²) in [5.41, 5.74) is 1.50. The Bertz CT molecular complexity index is 693. The Hall–Kier alpha value is -2.34. The molecule has 6 nitrogen and oxygen atoms in total. The molecule has 0 aliphatic heterocycles. The van der Waals surface area contributed by atoms with Gasteiger partial charge in [-0.05, 0) is 52.3 Å². The van der Waals surface area contributed by atoms with Gasteiger partial charge in [-0.1, -0.05) is 12.1 Å². The van der Waals surface area contributed by atoms with E-state index in [1.807, 2.05) is 32.9 Å². The van der Waals surface area contributed by atoms with Crippen LogP contribution < -0.4 is 10.1 Å². The molecule has 6 heteroatoms. The van der Waals surface area contributed by atoms with Crippen LogP contribution in [0.1, 0.15) is 56.6 Å². The van der Waals surface area contributed by atoms with E-state index < -0.39 is 0 Å². The Morgan fingerprint density at radius 1 is 1.19 bits per heavy atom. The maximum atomic E-state index is 12.0. The highest BCUT2D eigenvalue weighted by molar-refractivity contribution is 5.92. The molecule has 0 unspecified atom stereocenters. The summed E-state index contributed by atoms with van der Waals surface area (Å²) in [4.78, 5) is 18.6. The minimum Gasteiger partial charge on any atom is -0.494 e. The van der Waals surface area contributed by atoms with E-state index in [4.69, 9.17) is 9.15 Å². The van der Waals surface area contributed by atoms with Crippen molar-refractivity contribution in [2.75, 3.05) is 6.61 Å². The fourth-order valence-electron chi connectivity index (χ4n) is 2.51. The third-order valence-corrected chi connectivity index (χ3v) is 3.89. The fraction of sp³-hybridized carbons (Fsp3) is 0.500. The summed E-state index contributed by atoms with van der Waals surface area (Å²) < 4.78 is 11.0.